The van der Waals surface area contributed by atoms with Crippen LogP contribution in [0.15, 0.2) is 30.9 Å². The minimum atomic E-state index is -0.282. The van der Waals surface area contributed by atoms with Crippen LogP contribution in [0.25, 0.3) is 5.69 Å². The van der Waals surface area contributed by atoms with Gasteiger partial charge in [0.2, 0.25) is 0 Å². The molecule has 0 N–H and O–H groups in total. The summed E-state index contributed by atoms with van der Waals surface area (Å²) in [4.78, 5) is 14.8. The summed E-state index contributed by atoms with van der Waals surface area (Å²) in [5, 5.41) is 7.64. The lowest BCUT2D eigenvalue weighted by Crippen LogP contribution is -2.38. The molecule has 2 heterocycles. The fourth-order valence-electron chi connectivity index (χ4n) is 3.10. The fraction of sp³-hybridized carbons (Fsp3) is 0.471. The summed E-state index contributed by atoms with van der Waals surface area (Å²) < 4.78 is 7.04. The molecule has 0 aliphatic carbocycles. The Balaban J connectivity index is 2.02. The van der Waals surface area contributed by atoms with E-state index in [9.17, 15) is 4.79 Å². The lowest BCUT2D eigenvalue weighted by atomic mass is 10.0. The van der Waals surface area contributed by atoms with Crippen LogP contribution in [0.3, 0.4) is 0 Å². The number of hydrogen-bond acceptors (Lipinski definition) is 5. The normalized spacial score (nSPS) is 18.0. The number of carbonyl (C=O) groups excluding carboxylic acids is 1. The molecule has 1 saturated heterocycles. The zero-order valence-electron chi connectivity index (χ0n) is 13.6. The second kappa shape index (κ2) is 6.81. The lowest BCUT2D eigenvalue weighted by molar-refractivity contribution is 0.0527. The molecule has 0 radical (unpaired) electrons. The minimum Gasteiger partial charge on any atom is -0.462 e. The standard InChI is InChI=1S/C17H22N4O2/c1-3-23-17(22)15-10-14(20-11-18-19-12-20)7-8-16(15)21-9-5-4-6-13(21)2/h7-8,10-13H,3-6,9H2,1-2H3. The maximum absolute atomic E-state index is 12.4. The van der Waals surface area contributed by atoms with Gasteiger partial charge in [-0.2, -0.15) is 0 Å². The van der Waals surface area contributed by atoms with Crippen LogP contribution < -0.4 is 4.90 Å². The number of piperidine rings is 1. The first kappa shape index (κ1) is 15.5. The average molecular weight is 314 g/mol. The second-order valence-electron chi connectivity index (χ2n) is 5.83. The van der Waals surface area contributed by atoms with Gasteiger partial charge in [0.05, 0.1) is 17.9 Å². The first-order valence-electron chi connectivity index (χ1n) is 8.13. The maximum Gasteiger partial charge on any atom is 0.340 e. The van der Waals surface area contributed by atoms with Gasteiger partial charge >= 0.3 is 5.97 Å². The number of rotatable bonds is 4. The van der Waals surface area contributed by atoms with Gasteiger partial charge in [0.1, 0.15) is 12.7 Å². The molecule has 1 aromatic carbocycles. The van der Waals surface area contributed by atoms with Gasteiger partial charge in [-0.15, -0.1) is 10.2 Å². The molecule has 0 amide bonds. The average Bonchev–Trinajstić information content (AvgIpc) is 3.10. The van der Waals surface area contributed by atoms with Crippen molar-refractivity contribution in [2.24, 2.45) is 0 Å². The smallest absolute Gasteiger partial charge is 0.340 e. The third kappa shape index (κ3) is 3.21. The van der Waals surface area contributed by atoms with Gasteiger partial charge in [-0.1, -0.05) is 0 Å². The van der Waals surface area contributed by atoms with Crippen molar-refractivity contribution in [3.63, 3.8) is 0 Å². The molecular formula is C17H22N4O2. The summed E-state index contributed by atoms with van der Waals surface area (Å²) in [7, 11) is 0. The highest BCUT2D eigenvalue weighted by Crippen LogP contribution is 2.30. The van der Waals surface area contributed by atoms with Crippen molar-refractivity contribution in [2.75, 3.05) is 18.1 Å². The van der Waals surface area contributed by atoms with Crippen LogP contribution in [0.1, 0.15) is 43.5 Å². The molecule has 122 valence electrons. The highest BCUT2D eigenvalue weighted by atomic mass is 16.5. The first-order valence-corrected chi connectivity index (χ1v) is 8.13. The van der Waals surface area contributed by atoms with E-state index in [1.165, 1.54) is 6.42 Å². The van der Waals surface area contributed by atoms with Crippen LogP contribution in [-0.2, 0) is 4.74 Å². The number of carbonyl (C=O) groups is 1. The van der Waals surface area contributed by atoms with E-state index in [4.69, 9.17) is 4.74 Å². The Labute approximate surface area is 136 Å². The van der Waals surface area contributed by atoms with Crippen LogP contribution in [-0.4, -0.2) is 39.9 Å². The Morgan fingerprint density at radius 1 is 1.30 bits per heavy atom. The molecule has 1 unspecified atom stereocenters. The number of ether oxygens (including phenoxy) is 1. The Bertz CT molecular complexity index is 669. The molecule has 6 nitrogen and oxygen atoms in total. The van der Waals surface area contributed by atoms with E-state index in [-0.39, 0.29) is 5.97 Å². The highest BCUT2D eigenvalue weighted by Gasteiger charge is 2.24. The van der Waals surface area contributed by atoms with Crippen molar-refractivity contribution in [3.05, 3.63) is 36.4 Å². The molecule has 2 aromatic rings. The van der Waals surface area contributed by atoms with E-state index in [0.29, 0.717) is 18.2 Å². The van der Waals surface area contributed by atoms with Gasteiger partial charge in [-0.05, 0) is 51.3 Å². The predicted octanol–water partition coefficient (Wildman–Crippen LogP) is 2.82. The quantitative estimate of drug-likeness (QED) is 0.812. The van der Waals surface area contributed by atoms with E-state index in [2.05, 4.69) is 22.0 Å². The molecule has 6 heteroatoms. The summed E-state index contributed by atoms with van der Waals surface area (Å²) in [6.07, 6.45) is 6.78. The van der Waals surface area contributed by atoms with Gasteiger partial charge in [0.15, 0.2) is 0 Å². The minimum absolute atomic E-state index is 0.282. The van der Waals surface area contributed by atoms with E-state index >= 15 is 0 Å². The van der Waals surface area contributed by atoms with Crippen LogP contribution in [0.4, 0.5) is 5.69 Å². The van der Waals surface area contributed by atoms with Crippen molar-refractivity contribution in [2.45, 2.75) is 39.2 Å². The van der Waals surface area contributed by atoms with Crippen LogP contribution in [0.2, 0.25) is 0 Å². The Morgan fingerprint density at radius 3 is 2.78 bits per heavy atom. The molecule has 0 bridgehead atoms. The number of nitrogens with zero attached hydrogens (tertiary/aromatic N) is 4. The van der Waals surface area contributed by atoms with Crippen molar-refractivity contribution in [3.8, 4) is 5.69 Å². The van der Waals surface area contributed by atoms with E-state index in [1.807, 2.05) is 25.1 Å². The summed E-state index contributed by atoms with van der Waals surface area (Å²) in [6.45, 7) is 5.37. The molecule has 1 atom stereocenters. The number of hydrogen-bond donors (Lipinski definition) is 0. The Hall–Kier alpha value is -2.37. The van der Waals surface area contributed by atoms with E-state index < -0.39 is 0 Å². The number of esters is 1. The zero-order valence-corrected chi connectivity index (χ0v) is 13.6. The molecular weight excluding hydrogens is 292 g/mol. The molecule has 1 aromatic heterocycles. The number of aromatic nitrogens is 3. The monoisotopic (exact) mass is 314 g/mol. The molecule has 23 heavy (non-hydrogen) atoms. The van der Waals surface area contributed by atoms with Crippen molar-refractivity contribution in [1.82, 2.24) is 14.8 Å². The largest absolute Gasteiger partial charge is 0.462 e. The second-order valence-corrected chi connectivity index (χ2v) is 5.83. The molecule has 0 saturated carbocycles. The zero-order chi connectivity index (χ0) is 16.2. The molecule has 3 rings (SSSR count). The highest BCUT2D eigenvalue weighted by molar-refractivity contribution is 5.96. The number of anilines is 1. The third-order valence-electron chi connectivity index (χ3n) is 4.30. The van der Waals surface area contributed by atoms with Crippen LogP contribution in [0.5, 0.6) is 0 Å². The first-order chi connectivity index (χ1) is 11.2. The summed E-state index contributed by atoms with van der Waals surface area (Å²) in [5.74, 6) is -0.282. The molecule has 1 aliphatic rings. The van der Waals surface area contributed by atoms with Crippen molar-refractivity contribution < 1.29 is 9.53 Å². The third-order valence-corrected chi connectivity index (χ3v) is 4.30. The van der Waals surface area contributed by atoms with Gasteiger partial charge in [-0.3, -0.25) is 4.57 Å². The predicted molar refractivity (Wildman–Crippen MR) is 88.0 cm³/mol. The van der Waals surface area contributed by atoms with Crippen LogP contribution in [0, 0.1) is 0 Å². The Morgan fingerprint density at radius 2 is 2.09 bits per heavy atom. The SMILES string of the molecule is CCOC(=O)c1cc(-n2cnnc2)ccc1N1CCCCC1C. The maximum atomic E-state index is 12.4. The van der Waals surface area contributed by atoms with Gasteiger partial charge in [0.25, 0.3) is 0 Å². The van der Waals surface area contributed by atoms with Gasteiger partial charge < -0.3 is 9.64 Å². The summed E-state index contributed by atoms with van der Waals surface area (Å²) in [5.41, 5.74) is 2.41. The summed E-state index contributed by atoms with van der Waals surface area (Å²) in [6, 6.07) is 6.28. The molecule has 1 aliphatic heterocycles. The lowest BCUT2D eigenvalue weighted by Gasteiger charge is -2.36. The van der Waals surface area contributed by atoms with E-state index in [0.717, 1.165) is 30.8 Å². The van der Waals surface area contributed by atoms with E-state index in [1.54, 1.807) is 17.2 Å². The molecule has 1 fully saturated rings. The topological polar surface area (TPSA) is 60.3 Å². The van der Waals surface area contributed by atoms with Gasteiger partial charge in [-0.25, -0.2) is 4.79 Å². The number of benzene rings is 1. The fourth-order valence-corrected chi connectivity index (χ4v) is 3.10. The van der Waals surface area contributed by atoms with Gasteiger partial charge in [0, 0.05) is 18.3 Å². The summed E-state index contributed by atoms with van der Waals surface area (Å²) >= 11 is 0. The molecule has 0 spiro atoms. The van der Waals surface area contributed by atoms with Crippen molar-refractivity contribution in [1.29, 1.82) is 0 Å². The Kier molecular flexibility index (Phi) is 4.60. The van der Waals surface area contributed by atoms with Crippen molar-refractivity contribution >= 4 is 11.7 Å². The van der Waals surface area contributed by atoms with Crippen LogP contribution >= 0.6 is 0 Å².